The molecule has 1 saturated heterocycles. The zero-order valence-corrected chi connectivity index (χ0v) is 13.4. The molecule has 1 atom stereocenters. The predicted molar refractivity (Wildman–Crippen MR) is 74.6 cm³/mol. The highest BCUT2D eigenvalue weighted by molar-refractivity contribution is 7.92. The van der Waals surface area contributed by atoms with Crippen LogP contribution in [0.5, 0.6) is 0 Å². The van der Waals surface area contributed by atoms with E-state index in [2.05, 4.69) is 19.2 Å². The summed E-state index contributed by atoms with van der Waals surface area (Å²) in [5, 5.41) is 3.37. The first-order valence-electron chi connectivity index (χ1n) is 6.40. The SMILES string of the molecule is CC1(C)CC(NCC(C)(C)S(C)(=O)=O)C(C)(C)O1. The van der Waals surface area contributed by atoms with Crippen molar-refractivity contribution in [3.63, 3.8) is 0 Å². The number of hydrogen-bond donors (Lipinski definition) is 1. The van der Waals surface area contributed by atoms with Crippen molar-refractivity contribution in [3.05, 3.63) is 0 Å². The van der Waals surface area contributed by atoms with Gasteiger partial charge in [0, 0.05) is 18.8 Å². The number of nitrogens with one attached hydrogen (secondary N) is 1. The third kappa shape index (κ3) is 3.45. The standard InChI is InChI=1S/C13H27NO3S/c1-11(2)8-10(13(5,6)17-11)14-9-12(3,4)18(7,15)16/h10,14H,8-9H2,1-7H3. The maximum atomic E-state index is 11.7. The Labute approximate surface area is 111 Å². The van der Waals surface area contributed by atoms with Gasteiger partial charge in [0.2, 0.25) is 0 Å². The lowest BCUT2D eigenvalue weighted by molar-refractivity contribution is -0.0698. The third-order valence-corrected chi connectivity index (χ3v) is 6.00. The molecular formula is C13H27NO3S. The van der Waals surface area contributed by atoms with Crippen LogP contribution in [0.3, 0.4) is 0 Å². The maximum Gasteiger partial charge on any atom is 0.153 e. The van der Waals surface area contributed by atoms with Crippen LogP contribution in [0.25, 0.3) is 0 Å². The molecule has 1 heterocycles. The Hall–Kier alpha value is -0.130. The maximum absolute atomic E-state index is 11.7. The van der Waals surface area contributed by atoms with Crippen LogP contribution < -0.4 is 5.32 Å². The van der Waals surface area contributed by atoms with Gasteiger partial charge in [-0.15, -0.1) is 0 Å². The molecule has 0 aromatic carbocycles. The molecule has 0 amide bonds. The predicted octanol–water partition coefficient (Wildman–Crippen LogP) is 1.75. The zero-order chi connectivity index (χ0) is 14.4. The van der Waals surface area contributed by atoms with E-state index in [1.54, 1.807) is 13.8 Å². The van der Waals surface area contributed by atoms with Crippen molar-refractivity contribution in [2.75, 3.05) is 12.8 Å². The molecule has 0 saturated carbocycles. The van der Waals surface area contributed by atoms with Crippen LogP contribution in [0.2, 0.25) is 0 Å². The molecule has 1 unspecified atom stereocenters. The average Bonchev–Trinajstić information content (AvgIpc) is 2.28. The molecule has 0 aliphatic carbocycles. The van der Waals surface area contributed by atoms with Crippen LogP contribution in [0.4, 0.5) is 0 Å². The molecule has 108 valence electrons. The second-order valence-electron chi connectivity index (χ2n) is 7.13. The first kappa shape index (κ1) is 15.9. The zero-order valence-electron chi connectivity index (χ0n) is 12.6. The van der Waals surface area contributed by atoms with E-state index in [0.29, 0.717) is 6.54 Å². The van der Waals surface area contributed by atoms with Crippen LogP contribution in [0, 0.1) is 0 Å². The van der Waals surface area contributed by atoms with E-state index < -0.39 is 14.6 Å². The van der Waals surface area contributed by atoms with Gasteiger partial charge in [-0.05, 0) is 48.0 Å². The van der Waals surface area contributed by atoms with Crippen LogP contribution in [0.1, 0.15) is 48.0 Å². The van der Waals surface area contributed by atoms with Crippen LogP contribution in [-0.2, 0) is 14.6 Å². The van der Waals surface area contributed by atoms with Crippen LogP contribution in [-0.4, -0.2) is 43.2 Å². The summed E-state index contributed by atoms with van der Waals surface area (Å²) >= 11 is 0. The molecular weight excluding hydrogens is 250 g/mol. The highest BCUT2D eigenvalue weighted by Crippen LogP contribution is 2.37. The molecule has 1 fully saturated rings. The summed E-state index contributed by atoms with van der Waals surface area (Å²) in [5.41, 5.74) is -0.423. The molecule has 1 rings (SSSR count). The van der Waals surface area contributed by atoms with Gasteiger partial charge in [0.25, 0.3) is 0 Å². The minimum Gasteiger partial charge on any atom is -0.368 e. The van der Waals surface area contributed by atoms with Crippen molar-refractivity contribution in [1.29, 1.82) is 0 Å². The fourth-order valence-electron chi connectivity index (χ4n) is 2.38. The molecule has 0 spiro atoms. The van der Waals surface area contributed by atoms with Gasteiger partial charge in [-0.2, -0.15) is 0 Å². The highest BCUT2D eigenvalue weighted by atomic mass is 32.2. The molecule has 5 heteroatoms. The summed E-state index contributed by atoms with van der Waals surface area (Å²) < 4.78 is 28.6. The minimum atomic E-state index is -3.06. The third-order valence-electron chi connectivity index (χ3n) is 3.85. The molecule has 0 bridgehead atoms. The van der Waals surface area contributed by atoms with Gasteiger partial charge in [0.15, 0.2) is 9.84 Å². The molecule has 0 aromatic rings. The summed E-state index contributed by atoms with van der Waals surface area (Å²) in [6.07, 6.45) is 2.18. The fraction of sp³-hybridized carbons (Fsp3) is 1.00. The van der Waals surface area contributed by atoms with E-state index in [9.17, 15) is 8.42 Å². The molecule has 1 N–H and O–H groups in total. The Kier molecular flexibility index (Phi) is 3.94. The second kappa shape index (κ2) is 4.46. The van der Waals surface area contributed by atoms with Gasteiger partial charge < -0.3 is 10.1 Å². The Morgan fingerprint density at radius 1 is 1.28 bits per heavy atom. The molecule has 18 heavy (non-hydrogen) atoms. The van der Waals surface area contributed by atoms with Crippen molar-refractivity contribution in [2.45, 2.75) is 70.0 Å². The smallest absolute Gasteiger partial charge is 0.153 e. The van der Waals surface area contributed by atoms with E-state index in [1.807, 2.05) is 13.8 Å². The molecule has 0 radical (unpaired) electrons. The minimum absolute atomic E-state index is 0.156. The monoisotopic (exact) mass is 277 g/mol. The average molecular weight is 277 g/mol. The summed E-state index contributed by atoms with van der Waals surface area (Å²) in [7, 11) is -3.06. The number of rotatable bonds is 4. The van der Waals surface area contributed by atoms with Crippen molar-refractivity contribution >= 4 is 9.84 Å². The Bertz CT molecular complexity index is 410. The van der Waals surface area contributed by atoms with Gasteiger partial charge in [0.1, 0.15) is 0 Å². The number of sulfone groups is 1. The second-order valence-corrected chi connectivity index (χ2v) is 9.78. The van der Waals surface area contributed by atoms with E-state index in [4.69, 9.17) is 4.74 Å². The van der Waals surface area contributed by atoms with Crippen molar-refractivity contribution in [1.82, 2.24) is 5.32 Å². The topological polar surface area (TPSA) is 55.4 Å². The first-order chi connectivity index (χ1) is 7.77. The van der Waals surface area contributed by atoms with Crippen LogP contribution in [0.15, 0.2) is 0 Å². The van der Waals surface area contributed by atoms with Crippen molar-refractivity contribution < 1.29 is 13.2 Å². The van der Waals surface area contributed by atoms with Gasteiger partial charge in [-0.3, -0.25) is 0 Å². The molecule has 4 nitrogen and oxygen atoms in total. The molecule has 0 aromatic heterocycles. The normalized spacial score (nSPS) is 27.4. The quantitative estimate of drug-likeness (QED) is 0.850. The lowest BCUT2D eigenvalue weighted by Crippen LogP contribution is -2.50. The van der Waals surface area contributed by atoms with Crippen molar-refractivity contribution in [3.8, 4) is 0 Å². The van der Waals surface area contributed by atoms with E-state index in [0.717, 1.165) is 6.42 Å². The summed E-state index contributed by atoms with van der Waals surface area (Å²) in [6, 6.07) is 0.175. The van der Waals surface area contributed by atoms with E-state index in [1.165, 1.54) is 6.26 Å². The Balaban J connectivity index is 2.71. The lowest BCUT2D eigenvalue weighted by atomic mass is 9.94. The summed E-state index contributed by atoms with van der Waals surface area (Å²) in [6.45, 7) is 12.2. The van der Waals surface area contributed by atoms with Gasteiger partial charge in [-0.1, -0.05) is 0 Å². The Morgan fingerprint density at radius 2 is 1.78 bits per heavy atom. The summed E-state index contributed by atoms with van der Waals surface area (Å²) in [5.74, 6) is 0. The highest BCUT2D eigenvalue weighted by Gasteiger charge is 2.46. The van der Waals surface area contributed by atoms with Gasteiger partial charge in [-0.25, -0.2) is 8.42 Å². The van der Waals surface area contributed by atoms with Gasteiger partial charge >= 0.3 is 0 Å². The summed E-state index contributed by atoms with van der Waals surface area (Å²) in [4.78, 5) is 0. The van der Waals surface area contributed by atoms with Crippen molar-refractivity contribution in [2.24, 2.45) is 0 Å². The van der Waals surface area contributed by atoms with E-state index in [-0.39, 0.29) is 17.2 Å². The Morgan fingerprint density at radius 3 is 2.11 bits per heavy atom. The molecule has 1 aliphatic heterocycles. The number of ether oxygens (including phenoxy) is 1. The number of hydrogen-bond acceptors (Lipinski definition) is 4. The largest absolute Gasteiger partial charge is 0.368 e. The first-order valence-corrected chi connectivity index (χ1v) is 8.29. The van der Waals surface area contributed by atoms with Crippen LogP contribution >= 0.6 is 0 Å². The van der Waals surface area contributed by atoms with E-state index >= 15 is 0 Å². The lowest BCUT2D eigenvalue weighted by Gasteiger charge is -2.31. The van der Waals surface area contributed by atoms with Gasteiger partial charge in [0.05, 0.1) is 15.9 Å². The fourth-order valence-corrected chi connectivity index (χ4v) is 2.73. The molecule has 1 aliphatic rings.